The Kier molecular flexibility index (Phi) is 9.44. The summed E-state index contributed by atoms with van der Waals surface area (Å²) in [5.74, 6) is 1.22. The topological polar surface area (TPSA) is 74.8 Å². The van der Waals surface area contributed by atoms with E-state index in [2.05, 4.69) is 20.8 Å². The van der Waals surface area contributed by atoms with Crippen LogP contribution in [-0.4, -0.2) is 62.1 Å². The standard InChI is InChI=1S/C10H22O2.C6H10O3/c1-4-9(6-11)5-10(7-12)8(2)3;1(5-3-8-5)7-2-6-4-9-6/h8-12H,4-7H2,1-3H3;5-6H,1-4H2. The molecule has 5 nitrogen and oxygen atoms in total. The summed E-state index contributed by atoms with van der Waals surface area (Å²) in [5, 5.41) is 18.0. The number of ether oxygens (including phenoxy) is 3. The Morgan fingerprint density at radius 3 is 1.86 bits per heavy atom. The first kappa shape index (κ1) is 18.8. The maximum absolute atomic E-state index is 9.05. The molecule has 0 bridgehead atoms. The van der Waals surface area contributed by atoms with E-state index in [1.165, 1.54) is 0 Å². The SMILES string of the molecule is C(OCC1CO1)C1CO1.CCC(CO)CC(CO)C(C)C. The monoisotopic (exact) mass is 304 g/mol. The molecule has 0 amide bonds. The molecule has 0 saturated carbocycles. The van der Waals surface area contributed by atoms with Gasteiger partial charge in [0.25, 0.3) is 0 Å². The van der Waals surface area contributed by atoms with Crippen LogP contribution < -0.4 is 0 Å². The van der Waals surface area contributed by atoms with Crippen LogP contribution >= 0.6 is 0 Å². The van der Waals surface area contributed by atoms with E-state index in [0.717, 1.165) is 39.3 Å². The van der Waals surface area contributed by atoms with Crippen molar-refractivity contribution in [2.45, 2.75) is 45.8 Å². The first-order chi connectivity index (χ1) is 10.1. The Labute approximate surface area is 128 Å². The van der Waals surface area contributed by atoms with Gasteiger partial charge in [0.15, 0.2) is 0 Å². The van der Waals surface area contributed by atoms with Crippen molar-refractivity contribution in [3.8, 4) is 0 Å². The molecule has 0 aromatic rings. The molecule has 2 fully saturated rings. The van der Waals surface area contributed by atoms with Crippen molar-refractivity contribution in [1.29, 1.82) is 0 Å². The third-order valence-electron chi connectivity index (χ3n) is 4.06. The maximum atomic E-state index is 9.05. The molecule has 0 aromatic carbocycles. The zero-order valence-electron chi connectivity index (χ0n) is 13.7. The molecule has 126 valence electrons. The highest BCUT2D eigenvalue weighted by Gasteiger charge is 2.26. The first-order valence-corrected chi connectivity index (χ1v) is 8.13. The minimum absolute atomic E-state index is 0.244. The van der Waals surface area contributed by atoms with Crippen molar-refractivity contribution >= 4 is 0 Å². The van der Waals surface area contributed by atoms with Crippen molar-refractivity contribution in [1.82, 2.24) is 0 Å². The molecule has 0 aliphatic carbocycles. The van der Waals surface area contributed by atoms with Crippen molar-refractivity contribution in [2.24, 2.45) is 17.8 Å². The molecule has 2 aliphatic heterocycles. The summed E-state index contributed by atoms with van der Waals surface area (Å²) in [6.07, 6.45) is 2.73. The second kappa shape index (κ2) is 10.5. The van der Waals surface area contributed by atoms with Crippen LogP contribution in [0.3, 0.4) is 0 Å². The molecule has 21 heavy (non-hydrogen) atoms. The number of rotatable bonds is 10. The van der Waals surface area contributed by atoms with E-state index in [-0.39, 0.29) is 13.2 Å². The molecule has 2 aliphatic rings. The van der Waals surface area contributed by atoms with Gasteiger partial charge in [0.1, 0.15) is 12.2 Å². The molecule has 0 radical (unpaired) electrons. The summed E-state index contributed by atoms with van der Waals surface area (Å²) >= 11 is 0. The van der Waals surface area contributed by atoms with Crippen LogP contribution in [0.15, 0.2) is 0 Å². The molecular formula is C16H32O5. The fraction of sp³-hybridized carbons (Fsp3) is 1.00. The van der Waals surface area contributed by atoms with E-state index in [4.69, 9.17) is 24.4 Å². The van der Waals surface area contributed by atoms with Gasteiger partial charge < -0.3 is 24.4 Å². The summed E-state index contributed by atoms with van der Waals surface area (Å²) in [4.78, 5) is 0. The van der Waals surface area contributed by atoms with Gasteiger partial charge in [-0.15, -0.1) is 0 Å². The minimum atomic E-state index is 0.244. The molecule has 4 atom stereocenters. The van der Waals surface area contributed by atoms with Crippen LogP contribution in [0.25, 0.3) is 0 Å². The summed E-state index contributed by atoms with van der Waals surface area (Å²) in [6, 6.07) is 0. The molecule has 4 unspecified atom stereocenters. The summed E-state index contributed by atoms with van der Waals surface area (Å²) in [7, 11) is 0. The number of hydrogen-bond donors (Lipinski definition) is 2. The average molecular weight is 304 g/mol. The lowest BCUT2D eigenvalue weighted by Gasteiger charge is -2.22. The zero-order chi connectivity index (χ0) is 15.7. The van der Waals surface area contributed by atoms with Crippen LogP contribution in [0.2, 0.25) is 0 Å². The minimum Gasteiger partial charge on any atom is -0.396 e. The lowest BCUT2D eigenvalue weighted by atomic mass is 9.86. The molecule has 2 saturated heterocycles. The van der Waals surface area contributed by atoms with Crippen LogP contribution in [-0.2, 0) is 14.2 Å². The van der Waals surface area contributed by atoms with E-state index in [1.54, 1.807) is 0 Å². The zero-order valence-corrected chi connectivity index (χ0v) is 13.7. The van der Waals surface area contributed by atoms with E-state index in [0.29, 0.717) is 30.0 Å². The van der Waals surface area contributed by atoms with Crippen molar-refractivity contribution < 1.29 is 24.4 Å². The number of aliphatic hydroxyl groups is 2. The van der Waals surface area contributed by atoms with Gasteiger partial charge in [0, 0.05) is 13.2 Å². The van der Waals surface area contributed by atoms with Gasteiger partial charge in [0.2, 0.25) is 0 Å². The molecule has 2 rings (SSSR count). The highest BCUT2D eigenvalue weighted by atomic mass is 16.6. The van der Waals surface area contributed by atoms with E-state index in [9.17, 15) is 0 Å². The van der Waals surface area contributed by atoms with Gasteiger partial charge in [-0.3, -0.25) is 0 Å². The molecule has 2 heterocycles. The van der Waals surface area contributed by atoms with Gasteiger partial charge in [0.05, 0.1) is 26.4 Å². The van der Waals surface area contributed by atoms with E-state index in [1.807, 2.05) is 0 Å². The average Bonchev–Trinajstić information content (AvgIpc) is 3.35. The van der Waals surface area contributed by atoms with Gasteiger partial charge >= 0.3 is 0 Å². The maximum Gasteiger partial charge on any atom is 0.104 e. The van der Waals surface area contributed by atoms with Crippen LogP contribution in [0, 0.1) is 17.8 Å². The Hall–Kier alpha value is -0.200. The number of hydrogen-bond acceptors (Lipinski definition) is 5. The second-order valence-electron chi connectivity index (χ2n) is 6.33. The Bertz CT molecular complexity index is 235. The summed E-state index contributed by atoms with van der Waals surface area (Å²) < 4.78 is 15.1. The predicted octanol–water partition coefficient (Wildman–Crippen LogP) is 1.46. The quantitative estimate of drug-likeness (QED) is 0.598. The number of aliphatic hydroxyl groups excluding tert-OH is 2. The van der Waals surface area contributed by atoms with Gasteiger partial charge in [-0.25, -0.2) is 0 Å². The third-order valence-corrected chi connectivity index (χ3v) is 4.06. The van der Waals surface area contributed by atoms with Crippen molar-refractivity contribution in [3.05, 3.63) is 0 Å². The van der Waals surface area contributed by atoms with Crippen LogP contribution in [0.5, 0.6) is 0 Å². The fourth-order valence-corrected chi connectivity index (χ4v) is 2.02. The van der Waals surface area contributed by atoms with Crippen LogP contribution in [0.1, 0.15) is 33.6 Å². The lowest BCUT2D eigenvalue weighted by molar-refractivity contribution is 0.102. The van der Waals surface area contributed by atoms with Crippen molar-refractivity contribution in [2.75, 3.05) is 39.6 Å². The van der Waals surface area contributed by atoms with Crippen LogP contribution in [0.4, 0.5) is 0 Å². The molecule has 0 spiro atoms. The lowest BCUT2D eigenvalue weighted by Crippen LogP contribution is -2.19. The highest BCUT2D eigenvalue weighted by Crippen LogP contribution is 2.21. The Balaban J connectivity index is 0.000000216. The highest BCUT2D eigenvalue weighted by molar-refractivity contribution is 4.71. The van der Waals surface area contributed by atoms with Gasteiger partial charge in [-0.2, -0.15) is 0 Å². The molecule has 0 aromatic heterocycles. The molecule has 2 N–H and O–H groups in total. The smallest absolute Gasteiger partial charge is 0.104 e. The summed E-state index contributed by atoms with van der Waals surface area (Å²) in [5.41, 5.74) is 0. The number of epoxide rings is 2. The van der Waals surface area contributed by atoms with E-state index >= 15 is 0 Å². The van der Waals surface area contributed by atoms with Gasteiger partial charge in [-0.1, -0.05) is 27.2 Å². The van der Waals surface area contributed by atoms with E-state index < -0.39 is 0 Å². The van der Waals surface area contributed by atoms with Crippen molar-refractivity contribution in [3.63, 3.8) is 0 Å². The second-order valence-corrected chi connectivity index (χ2v) is 6.33. The Morgan fingerprint density at radius 2 is 1.57 bits per heavy atom. The first-order valence-electron chi connectivity index (χ1n) is 8.13. The molecule has 5 heteroatoms. The predicted molar refractivity (Wildman–Crippen MR) is 81.2 cm³/mol. The third kappa shape index (κ3) is 9.42. The molecular weight excluding hydrogens is 272 g/mol. The normalized spacial score (nSPS) is 26.0. The fourth-order valence-electron chi connectivity index (χ4n) is 2.02. The van der Waals surface area contributed by atoms with Gasteiger partial charge in [-0.05, 0) is 24.2 Å². The largest absolute Gasteiger partial charge is 0.396 e. The Morgan fingerprint density at radius 1 is 1.05 bits per heavy atom. The summed E-state index contributed by atoms with van der Waals surface area (Å²) in [6.45, 7) is 10.1.